The van der Waals surface area contributed by atoms with Crippen LogP contribution in [0.5, 0.6) is 0 Å². The van der Waals surface area contributed by atoms with Crippen molar-refractivity contribution in [3.63, 3.8) is 0 Å². The Balaban J connectivity index is 3.27. The number of carbonyl (C=O) groups excluding carboxylic acids is 3. The molecule has 12 heteroatoms. The predicted octanol–water partition coefficient (Wildman–Crippen LogP) is 7.11. The van der Waals surface area contributed by atoms with E-state index in [1.165, 1.54) is 17.9 Å². The van der Waals surface area contributed by atoms with Crippen molar-refractivity contribution in [1.29, 1.82) is 0 Å². The number of aliphatic hydroxyl groups excluding tert-OH is 4. The lowest BCUT2D eigenvalue weighted by atomic mass is 9.82. The molecule has 1 aliphatic rings. The van der Waals surface area contributed by atoms with Crippen LogP contribution in [0.1, 0.15) is 114 Å². The second kappa shape index (κ2) is 29.2. The van der Waals surface area contributed by atoms with Gasteiger partial charge in [0.05, 0.1) is 36.6 Å². The molecule has 0 aliphatic carbocycles. The number of cyclic esters (lactones) is 1. The van der Waals surface area contributed by atoms with Gasteiger partial charge in [0.1, 0.15) is 12.2 Å². The largest absolute Gasteiger partial charge is 0.462 e. The number of hydrogen-bond donors (Lipinski definition) is 4. The number of methoxy groups -OCH3 is 2. The molecule has 60 heavy (non-hydrogen) atoms. The maximum Gasteiger partial charge on any atom is 0.331 e. The topological polar surface area (TPSA) is 172 Å². The van der Waals surface area contributed by atoms with Crippen LogP contribution in [0.4, 0.5) is 0 Å². The molecule has 0 saturated carbocycles. The SMILES string of the molecule is CO[C@H]1CC[C@@H](C)[C@@H](O)[C@H](C)[C@H](O)C/C=C/C=C/C(=O)O[C@H]([C@@H](C)[C@@H](O)[C@@H](C)CC[C@@H](O)[C@H](C)[C@H](OC(C)=O)[C@H](C)/C=C/N(C)C=O)C/C=C/[C@H](OC)C[C@H](C)C/C=C/1C. The third-order valence-corrected chi connectivity index (χ3v) is 12.4. The van der Waals surface area contributed by atoms with Gasteiger partial charge < -0.3 is 44.3 Å². The fourth-order valence-electron chi connectivity index (χ4n) is 7.82. The average molecular weight is 848 g/mol. The number of rotatable bonds is 15. The number of aliphatic hydroxyl groups is 4. The van der Waals surface area contributed by atoms with Gasteiger partial charge in [0.25, 0.3) is 0 Å². The molecule has 0 fully saturated rings. The maximum absolute atomic E-state index is 13.2. The van der Waals surface area contributed by atoms with Gasteiger partial charge in [-0.2, -0.15) is 0 Å². The monoisotopic (exact) mass is 848 g/mol. The minimum Gasteiger partial charge on any atom is -0.462 e. The third kappa shape index (κ3) is 20.2. The zero-order valence-electron chi connectivity index (χ0n) is 38.7. The van der Waals surface area contributed by atoms with Gasteiger partial charge in [0.2, 0.25) is 6.41 Å². The number of esters is 2. The van der Waals surface area contributed by atoms with Gasteiger partial charge in [0.15, 0.2) is 0 Å². The predicted molar refractivity (Wildman–Crippen MR) is 236 cm³/mol. The maximum atomic E-state index is 13.2. The lowest BCUT2D eigenvalue weighted by Gasteiger charge is -2.33. The van der Waals surface area contributed by atoms with E-state index in [1.807, 2.05) is 53.7 Å². The van der Waals surface area contributed by atoms with E-state index in [0.29, 0.717) is 38.0 Å². The molecule has 0 bridgehead atoms. The molecule has 1 amide bonds. The molecule has 4 N–H and O–H groups in total. The molecule has 0 aromatic heterocycles. The van der Waals surface area contributed by atoms with Crippen LogP contribution >= 0.6 is 0 Å². The van der Waals surface area contributed by atoms with Gasteiger partial charge in [-0.05, 0) is 75.2 Å². The van der Waals surface area contributed by atoms with Gasteiger partial charge >= 0.3 is 11.9 Å². The molecular formula is C48H81NO11. The van der Waals surface area contributed by atoms with Crippen LogP contribution in [0.3, 0.4) is 0 Å². The summed E-state index contributed by atoms with van der Waals surface area (Å²) >= 11 is 0. The lowest BCUT2D eigenvalue weighted by molar-refractivity contribution is -0.153. The van der Waals surface area contributed by atoms with E-state index in [-0.39, 0.29) is 35.9 Å². The van der Waals surface area contributed by atoms with Crippen LogP contribution < -0.4 is 0 Å². The Labute approximate surface area is 361 Å². The van der Waals surface area contributed by atoms with Crippen LogP contribution in [-0.4, -0.2) is 114 Å². The summed E-state index contributed by atoms with van der Waals surface area (Å²) in [6.45, 7) is 16.8. The van der Waals surface area contributed by atoms with E-state index in [2.05, 4.69) is 19.9 Å². The van der Waals surface area contributed by atoms with Crippen molar-refractivity contribution < 1.29 is 53.8 Å². The van der Waals surface area contributed by atoms with E-state index in [1.54, 1.807) is 51.8 Å². The number of allylic oxidation sites excluding steroid dienone is 3. The number of nitrogens with zero attached hydrogens (tertiary/aromatic N) is 1. The summed E-state index contributed by atoms with van der Waals surface area (Å²) in [5.41, 5.74) is 1.14. The molecule has 0 aromatic rings. The van der Waals surface area contributed by atoms with Crippen LogP contribution in [-0.2, 0) is 33.3 Å². The minimum atomic E-state index is -0.884. The minimum absolute atomic E-state index is 0.0446. The van der Waals surface area contributed by atoms with Crippen LogP contribution in [0.2, 0.25) is 0 Å². The molecule has 12 nitrogen and oxygen atoms in total. The van der Waals surface area contributed by atoms with Crippen molar-refractivity contribution in [1.82, 2.24) is 4.90 Å². The Hall–Kier alpha value is -3.13. The van der Waals surface area contributed by atoms with Crippen molar-refractivity contribution in [2.45, 2.75) is 163 Å². The van der Waals surface area contributed by atoms with E-state index < -0.39 is 60.4 Å². The first kappa shape index (κ1) is 54.9. The number of amides is 1. The zero-order valence-corrected chi connectivity index (χ0v) is 38.7. The molecule has 1 rings (SSSR count). The quantitative estimate of drug-likeness (QED) is 0.0752. The highest BCUT2D eigenvalue weighted by Gasteiger charge is 2.34. The van der Waals surface area contributed by atoms with Gasteiger partial charge in [-0.25, -0.2) is 4.79 Å². The normalized spacial score (nSPS) is 32.0. The second-order valence-corrected chi connectivity index (χ2v) is 17.5. The summed E-state index contributed by atoms with van der Waals surface area (Å²) in [7, 11) is 4.98. The molecule has 0 radical (unpaired) electrons. The third-order valence-electron chi connectivity index (χ3n) is 12.4. The fraction of sp³-hybridized carbons (Fsp3) is 0.729. The highest BCUT2D eigenvalue weighted by molar-refractivity contribution is 5.82. The Kier molecular flexibility index (Phi) is 26.7. The average Bonchev–Trinajstić information content (AvgIpc) is 3.22. The summed E-state index contributed by atoms with van der Waals surface area (Å²) in [6.07, 6.45) is 16.2. The second-order valence-electron chi connectivity index (χ2n) is 17.5. The van der Waals surface area contributed by atoms with Crippen molar-refractivity contribution in [2.75, 3.05) is 21.3 Å². The highest BCUT2D eigenvalue weighted by atomic mass is 16.5. The van der Waals surface area contributed by atoms with Crippen molar-refractivity contribution in [3.05, 3.63) is 60.4 Å². The standard InChI is InChI=1S/C48H81NO11/c1-31-21-22-32(2)43(58-12)26-24-34(4)46(55)36(6)41(52)18-14-13-15-20-45(54)60-44(19-16-17-40(29-31)57-11)38(8)47(56)33(3)23-25-42(53)37(7)48(59-39(9)51)35(5)27-28-49(10)30-50/h13-17,20,22,27-28,30-31,33-38,40-44,46-48,52-53,55-56H,18-19,21,23-26,29H2,1-12H3/b14-13+,17-16+,20-15+,28-27+,32-22+/t31-,33+,34-,35-,36-,37+,38-,40+,41-,42-,43+,44+,46-,47+,48-/m1/s1. The van der Waals surface area contributed by atoms with Gasteiger partial charge in [-0.1, -0.05) is 91.0 Å². The Morgan fingerprint density at radius 2 is 1.67 bits per heavy atom. The molecule has 1 aliphatic heterocycles. The number of carbonyl (C=O) groups is 3. The first-order chi connectivity index (χ1) is 28.3. The van der Waals surface area contributed by atoms with E-state index >= 15 is 0 Å². The van der Waals surface area contributed by atoms with E-state index in [9.17, 15) is 34.8 Å². The zero-order chi connectivity index (χ0) is 45.5. The Morgan fingerprint density at radius 1 is 0.983 bits per heavy atom. The van der Waals surface area contributed by atoms with Crippen molar-refractivity contribution in [2.24, 2.45) is 41.4 Å². The first-order valence-corrected chi connectivity index (χ1v) is 21.9. The smallest absolute Gasteiger partial charge is 0.331 e. The van der Waals surface area contributed by atoms with Crippen molar-refractivity contribution in [3.8, 4) is 0 Å². The van der Waals surface area contributed by atoms with Gasteiger partial charge in [0, 0.05) is 70.6 Å². The highest BCUT2D eigenvalue weighted by Crippen LogP contribution is 2.30. The summed E-state index contributed by atoms with van der Waals surface area (Å²) < 4.78 is 23.2. The fourth-order valence-corrected chi connectivity index (χ4v) is 7.82. The summed E-state index contributed by atoms with van der Waals surface area (Å²) in [4.78, 5) is 37.5. The molecule has 0 aromatic carbocycles. The van der Waals surface area contributed by atoms with E-state index in [0.717, 1.165) is 31.3 Å². The molecule has 344 valence electrons. The molecule has 0 unspecified atom stereocenters. The summed E-state index contributed by atoms with van der Waals surface area (Å²) in [5.74, 6) is -2.65. The van der Waals surface area contributed by atoms with Crippen LogP contribution in [0.25, 0.3) is 0 Å². The van der Waals surface area contributed by atoms with Crippen LogP contribution in [0, 0.1) is 41.4 Å². The Bertz CT molecular complexity index is 1390. The van der Waals surface area contributed by atoms with Gasteiger partial charge in [-0.3, -0.25) is 9.59 Å². The van der Waals surface area contributed by atoms with Crippen LogP contribution in [0.15, 0.2) is 60.4 Å². The molecule has 15 atom stereocenters. The molecule has 0 spiro atoms. The molecule has 0 saturated heterocycles. The summed E-state index contributed by atoms with van der Waals surface area (Å²) in [6, 6.07) is 0. The summed E-state index contributed by atoms with van der Waals surface area (Å²) in [5, 5.41) is 44.8. The number of ether oxygens (including phenoxy) is 4. The molecule has 1 heterocycles. The van der Waals surface area contributed by atoms with Crippen molar-refractivity contribution >= 4 is 18.3 Å². The lowest BCUT2D eigenvalue weighted by Crippen LogP contribution is -2.39. The Morgan fingerprint density at radius 3 is 2.28 bits per heavy atom. The van der Waals surface area contributed by atoms with E-state index in [4.69, 9.17) is 18.9 Å². The number of hydrogen-bond acceptors (Lipinski definition) is 11. The van der Waals surface area contributed by atoms with Gasteiger partial charge in [-0.15, -0.1) is 0 Å². The molecular weight excluding hydrogens is 767 g/mol. The first-order valence-electron chi connectivity index (χ1n) is 21.9.